The first-order valence-corrected chi connectivity index (χ1v) is 7.13. The number of hydrogen-bond donors (Lipinski definition) is 1. The summed E-state index contributed by atoms with van der Waals surface area (Å²) in [6, 6.07) is 0.121. The van der Waals surface area contributed by atoms with E-state index in [1.54, 1.807) is 13.8 Å². The van der Waals surface area contributed by atoms with Crippen LogP contribution in [-0.2, 0) is 15.0 Å². The van der Waals surface area contributed by atoms with Crippen molar-refractivity contribution >= 4 is 16.1 Å². The topological polar surface area (TPSA) is 69.7 Å². The van der Waals surface area contributed by atoms with Crippen molar-refractivity contribution in [2.45, 2.75) is 38.8 Å². The highest BCUT2D eigenvalue weighted by molar-refractivity contribution is 7.86. The Morgan fingerprint density at radius 2 is 1.88 bits per heavy atom. The fourth-order valence-corrected chi connectivity index (χ4v) is 2.52. The summed E-state index contributed by atoms with van der Waals surface area (Å²) in [4.78, 5) is 11.5. The predicted molar refractivity (Wildman–Crippen MR) is 65.6 cm³/mol. The molecule has 0 saturated heterocycles. The third kappa shape index (κ3) is 3.93. The van der Waals surface area contributed by atoms with Gasteiger partial charge < -0.3 is 5.32 Å². The molecule has 1 saturated carbocycles. The van der Waals surface area contributed by atoms with E-state index in [0.29, 0.717) is 0 Å². The summed E-state index contributed by atoms with van der Waals surface area (Å²) in [5.41, 5.74) is 0. The minimum atomic E-state index is -3.54. The second kappa shape index (κ2) is 5.32. The molecule has 0 spiro atoms. The van der Waals surface area contributed by atoms with Gasteiger partial charge >= 0.3 is 0 Å². The number of amides is 1. The normalized spacial score (nSPS) is 16.9. The molecule has 1 aliphatic rings. The van der Waals surface area contributed by atoms with Gasteiger partial charge in [-0.05, 0) is 26.7 Å². The zero-order chi connectivity index (χ0) is 13.2. The lowest BCUT2D eigenvalue weighted by Gasteiger charge is -2.26. The van der Waals surface area contributed by atoms with E-state index < -0.39 is 10.2 Å². The van der Waals surface area contributed by atoms with Crippen LogP contribution in [0.3, 0.4) is 0 Å². The average molecular weight is 263 g/mol. The van der Waals surface area contributed by atoms with Crippen LogP contribution in [-0.4, -0.2) is 55.7 Å². The Bertz CT molecular complexity index is 376. The molecule has 0 aromatic heterocycles. The molecule has 0 radical (unpaired) electrons. The van der Waals surface area contributed by atoms with Gasteiger partial charge in [0.15, 0.2) is 0 Å². The van der Waals surface area contributed by atoms with Gasteiger partial charge in [-0.1, -0.05) is 0 Å². The zero-order valence-corrected chi connectivity index (χ0v) is 11.6. The second-order valence-corrected chi connectivity index (χ2v) is 6.81. The average Bonchev–Trinajstić information content (AvgIpc) is 2.99. The van der Waals surface area contributed by atoms with Crippen molar-refractivity contribution in [2.24, 2.45) is 0 Å². The summed E-state index contributed by atoms with van der Waals surface area (Å²) >= 11 is 0. The van der Waals surface area contributed by atoms with E-state index in [4.69, 9.17) is 0 Å². The quantitative estimate of drug-likeness (QED) is 0.720. The highest BCUT2D eigenvalue weighted by Gasteiger charge is 2.29. The molecule has 0 bridgehead atoms. The molecule has 0 heterocycles. The minimum absolute atomic E-state index is 0.129. The molecule has 0 atom stereocenters. The molecule has 1 aliphatic carbocycles. The Labute approximate surface area is 103 Å². The van der Waals surface area contributed by atoms with Crippen LogP contribution in [0, 0.1) is 0 Å². The maximum absolute atomic E-state index is 12.0. The molecular weight excluding hydrogens is 242 g/mol. The Kier molecular flexibility index (Phi) is 4.51. The summed E-state index contributed by atoms with van der Waals surface area (Å²) in [6.45, 7) is 3.45. The Hall–Kier alpha value is -0.660. The van der Waals surface area contributed by atoms with E-state index in [1.165, 1.54) is 18.4 Å². The van der Waals surface area contributed by atoms with Crippen molar-refractivity contribution in [1.29, 1.82) is 0 Å². The first-order chi connectivity index (χ1) is 7.75. The lowest BCUT2D eigenvalue weighted by atomic mass is 10.4. The number of likely N-dealkylation sites (N-methyl/N-ethyl adjacent to an activating group) is 1. The Balaban J connectivity index is 2.55. The van der Waals surface area contributed by atoms with Crippen molar-refractivity contribution < 1.29 is 13.2 Å². The lowest BCUT2D eigenvalue weighted by molar-refractivity contribution is -0.121. The first-order valence-electron chi connectivity index (χ1n) is 5.73. The van der Waals surface area contributed by atoms with Crippen LogP contribution in [0.15, 0.2) is 0 Å². The number of nitrogens with one attached hydrogen (secondary N) is 1. The van der Waals surface area contributed by atoms with Gasteiger partial charge in [0.05, 0.1) is 6.54 Å². The van der Waals surface area contributed by atoms with Gasteiger partial charge in [0.2, 0.25) is 5.91 Å². The second-order valence-electron chi connectivity index (χ2n) is 4.72. The number of carbonyl (C=O) groups is 1. The van der Waals surface area contributed by atoms with Gasteiger partial charge in [-0.3, -0.25) is 4.79 Å². The smallest absolute Gasteiger partial charge is 0.282 e. The molecule has 1 N–H and O–H groups in total. The summed E-state index contributed by atoms with van der Waals surface area (Å²) in [5.74, 6) is -0.240. The molecule has 6 nitrogen and oxygen atoms in total. The summed E-state index contributed by atoms with van der Waals surface area (Å²) in [7, 11) is -0.616. The van der Waals surface area contributed by atoms with E-state index >= 15 is 0 Å². The van der Waals surface area contributed by atoms with Crippen LogP contribution >= 0.6 is 0 Å². The fraction of sp³-hybridized carbons (Fsp3) is 0.900. The first kappa shape index (κ1) is 14.4. The van der Waals surface area contributed by atoms with Crippen LogP contribution in [0.1, 0.15) is 26.7 Å². The highest BCUT2D eigenvalue weighted by Crippen LogP contribution is 2.18. The lowest BCUT2D eigenvalue weighted by Crippen LogP contribution is -2.46. The third-order valence-electron chi connectivity index (χ3n) is 2.79. The number of nitrogens with zero attached hydrogens (tertiary/aromatic N) is 2. The Morgan fingerprint density at radius 3 is 2.29 bits per heavy atom. The van der Waals surface area contributed by atoms with Gasteiger partial charge in [-0.2, -0.15) is 17.0 Å². The molecule has 1 rings (SSSR count). The molecule has 0 aromatic rings. The van der Waals surface area contributed by atoms with Crippen molar-refractivity contribution in [3.05, 3.63) is 0 Å². The third-order valence-corrected chi connectivity index (χ3v) is 4.86. The molecule has 7 heteroatoms. The number of rotatable bonds is 6. The maximum Gasteiger partial charge on any atom is 0.282 e. The molecule has 1 fully saturated rings. The van der Waals surface area contributed by atoms with E-state index in [0.717, 1.165) is 17.1 Å². The van der Waals surface area contributed by atoms with Crippen LogP contribution in [0.4, 0.5) is 0 Å². The molecule has 0 aliphatic heterocycles. The number of carbonyl (C=O) groups excluding carboxylic acids is 1. The van der Waals surface area contributed by atoms with Crippen molar-refractivity contribution in [3.63, 3.8) is 0 Å². The van der Waals surface area contributed by atoms with Gasteiger partial charge in [0.25, 0.3) is 10.2 Å². The van der Waals surface area contributed by atoms with Crippen LogP contribution in [0.5, 0.6) is 0 Å². The monoisotopic (exact) mass is 263 g/mol. The van der Waals surface area contributed by atoms with E-state index in [9.17, 15) is 13.2 Å². The molecule has 0 unspecified atom stereocenters. The Morgan fingerprint density at radius 1 is 1.35 bits per heavy atom. The van der Waals surface area contributed by atoms with Crippen molar-refractivity contribution in [2.75, 3.05) is 20.6 Å². The zero-order valence-electron chi connectivity index (χ0n) is 10.8. The summed E-state index contributed by atoms with van der Waals surface area (Å²) in [6.07, 6.45) is 1.99. The molecule has 1 amide bonds. The molecule has 100 valence electrons. The summed E-state index contributed by atoms with van der Waals surface area (Å²) in [5, 5.41) is 2.76. The molecule has 0 aromatic carbocycles. The molecular formula is C10H21N3O3S. The standard InChI is InChI=1S/C10H21N3O3S/c1-8(2)13(4)17(15,16)12(3)7-10(14)11-9-5-6-9/h8-9H,5-7H2,1-4H3,(H,11,14). The van der Waals surface area contributed by atoms with Gasteiger partial charge in [-0.15, -0.1) is 0 Å². The van der Waals surface area contributed by atoms with Crippen molar-refractivity contribution in [1.82, 2.24) is 13.9 Å². The maximum atomic E-state index is 12.0. The van der Waals surface area contributed by atoms with E-state index in [2.05, 4.69) is 5.32 Å². The predicted octanol–water partition coefficient (Wildman–Crippen LogP) is -0.218. The van der Waals surface area contributed by atoms with Crippen LogP contribution < -0.4 is 5.32 Å². The van der Waals surface area contributed by atoms with Gasteiger partial charge in [0, 0.05) is 26.2 Å². The minimum Gasteiger partial charge on any atom is -0.352 e. The molecule has 17 heavy (non-hydrogen) atoms. The van der Waals surface area contributed by atoms with E-state index in [1.807, 2.05) is 0 Å². The summed E-state index contributed by atoms with van der Waals surface area (Å²) < 4.78 is 26.3. The van der Waals surface area contributed by atoms with E-state index in [-0.39, 0.29) is 24.5 Å². The fourth-order valence-electron chi connectivity index (χ4n) is 1.27. The highest BCUT2D eigenvalue weighted by atomic mass is 32.2. The van der Waals surface area contributed by atoms with Crippen molar-refractivity contribution in [3.8, 4) is 0 Å². The van der Waals surface area contributed by atoms with Gasteiger partial charge in [-0.25, -0.2) is 0 Å². The van der Waals surface area contributed by atoms with Gasteiger partial charge in [0.1, 0.15) is 0 Å². The SMILES string of the molecule is CC(C)N(C)S(=O)(=O)N(C)CC(=O)NC1CC1. The number of hydrogen-bond acceptors (Lipinski definition) is 3. The van der Waals surface area contributed by atoms with Crippen LogP contribution in [0.25, 0.3) is 0 Å². The largest absolute Gasteiger partial charge is 0.352 e. The van der Waals surface area contributed by atoms with Crippen LogP contribution in [0.2, 0.25) is 0 Å².